The summed E-state index contributed by atoms with van der Waals surface area (Å²) in [6, 6.07) is 18.8. The zero-order chi connectivity index (χ0) is 18.5. The molecule has 2 atom stereocenters. The highest BCUT2D eigenvalue weighted by atomic mass is 16.5. The molecule has 2 unspecified atom stereocenters. The van der Waals surface area contributed by atoms with Crippen molar-refractivity contribution >= 4 is 11.5 Å². The van der Waals surface area contributed by atoms with Crippen molar-refractivity contribution in [2.75, 3.05) is 11.5 Å². The molecule has 0 spiro atoms. The fourth-order valence-corrected chi connectivity index (χ4v) is 4.88. The van der Waals surface area contributed by atoms with Crippen LogP contribution in [0.4, 0.5) is 5.69 Å². The van der Waals surface area contributed by atoms with Crippen LogP contribution in [0.1, 0.15) is 38.3 Å². The van der Waals surface area contributed by atoms with Crippen molar-refractivity contribution in [1.29, 1.82) is 0 Å². The lowest BCUT2D eigenvalue weighted by Gasteiger charge is -2.33. The van der Waals surface area contributed by atoms with Gasteiger partial charge in [-0.25, -0.2) is 0 Å². The molecule has 2 aliphatic rings. The largest absolute Gasteiger partial charge is 0.354 e. The monoisotopic (exact) mass is 347 g/mol. The number of anilines is 1. The predicted molar refractivity (Wildman–Crippen MR) is 104 cm³/mol. The van der Waals surface area contributed by atoms with Crippen molar-refractivity contribution in [3.05, 3.63) is 77.0 Å². The van der Waals surface area contributed by atoms with E-state index in [9.17, 15) is 4.79 Å². The average molecular weight is 347 g/mol. The lowest BCUT2D eigenvalue weighted by atomic mass is 9.85. The molecule has 3 nitrogen and oxygen atoms in total. The van der Waals surface area contributed by atoms with Crippen LogP contribution < -0.4 is 4.90 Å². The Morgan fingerprint density at radius 2 is 1.73 bits per heavy atom. The van der Waals surface area contributed by atoms with Crippen molar-refractivity contribution < 1.29 is 9.53 Å². The normalized spacial score (nSPS) is 26.8. The lowest BCUT2D eigenvalue weighted by Crippen LogP contribution is -2.40. The van der Waals surface area contributed by atoms with E-state index < -0.39 is 5.72 Å². The summed E-state index contributed by atoms with van der Waals surface area (Å²) >= 11 is 0. The summed E-state index contributed by atoms with van der Waals surface area (Å²) in [6.07, 6.45) is 0.804. The number of fused-ring (bicyclic) bond motifs is 1. The molecule has 1 heterocycles. The SMILES string of the molecule is CCOC12CC1(c1ccccc1)C(C(C)=O)=C(C)N2c1ccc(C)cc1. The van der Waals surface area contributed by atoms with E-state index in [1.165, 1.54) is 5.56 Å². The number of ether oxygens (including phenoxy) is 1. The number of ketones is 1. The van der Waals surface area contributed by atoms with Crippen molar-refractivity contribution in [2.24, 2.45) is 0 Å². The van der Waals surface area contributed by atoms with Gasteiger partial charge >= 0.3 is 0 Å². The molecule has 1 saturated carbocycles. The van der Waals surface area contributed by atoms with Gasteiger partial charge in [-0.05, 0) is 45.4 Å². The Labute approximate surface area is 155 Å². The molecule has 0 aromatic heterocycles. The minimum absolute atomic E-state index is 0.127. The third-order valence-electron chi connectivity index (χ3n) is 5.83. The molecule has 4 rings (SSSR count). The van der Waals surface area contributed by atoms with E-state index in [1.807, 2.05) is 32.0 Å². The van der Waals surface area contributed by atoms with E-state index in [1.54, 1.807) is 6.92 Å². The maximum absolute atomic E-state index is 12.7. The molecule has 0 radical (unpaired) electrons. The van der Waals surface area contributed by atoms with Crippen molar-refractivity contribution in [2.45, 2.75) is 45.3 Å². The first-order valence-electron chi connectivity index (χ1n) is 9.26. The van der Waals surface area contributed by atoms with Crippen LogP contribution in [0.5, 0.6) is 0 Å². The number of carbonyl (C=O) groups excluding carboxylic acids is 1. The summed E-state index contributed by atoms with van der Waals surface area (Å²) in [5.41, 5.74) is 4.46. The number of aryl methyl sites for hydroxylation is 1. The topological polar surface area (TPSA) is 29.5 Å². The standard InChI is InChI=1S/C23H25NO2/c1-5-26-23-15-22(23,19-9-7-6-8-10-19)21(18(4)25)17(3)24(23)20-13-11-16(2)12-14-20/h6-14H,5,15H2,1-4H3. The Morgan fingerprint density at radius 1 is 1.08 bits per heavy atom. The Bertz CT molecular complexity index is 884. The maximum atomic E-state index is 12.7. The zero-order valence-corrected chi connectivity index (χ0v) is 15.9. The summed E-state index contributed by atoms with van der Waals surface area (Å²) < 4.78 is 6.40. The van der Waals surface area contributed by atoms with Crippen LogP contribution in [0.25, 0.3) is 0 Å². The van der Waals surface area contributed by atoms with E-state index in [-0.39, 0.29) is 11.2 Å². The second kappa shape index (κ2) is 5.82. The van der Waals surface area contributed by atoms with Crippen molar-refractivity contribution in [1.82, 2.24) is 0 Å². The van der Waals surface area contributed by atoms with Crippen LogP contribution >= 0.6 is 0 Å². The molecule has 0 N–H and O–H groups in total. The number of Topliss-reactive ketones (excluding diaryl/α,β-unsaturated/α-hetero) is 1. The second-order valence-electron chi connectivity index (χ2n) is 7.35. The van der Waals surface area contributed by atoms with Gasteiger partial charge in [-0.1, -0.05) is 48.0 Å². The van der Waals surface area contributed by atoms with Gasteiger partial charge in [0.2, 0.25) is 0 Å². The first-order chi connectivity index (χ1) is 12.5. The van der Waals surface area contributed by atoms with E-state index in [0.29, 0.717) is 6.61 Å². The molecule has 2 aromatic carbocycles. The summed E-state index contributed by atoms with van der Waals surface area (Å²) in [5.74, 6) is 0.127. The molecule has 26 heavy (non-hydrogen) atoms. The third kappa shape index (κ3) is 2.07. The molecule has 1 aliphatic carbocycles. The van der Waals surface area contributed by atoms with Crippen LogP contribution in [-0.4, -0.2) is 18.1 Å². The highest BCUT2D eigenvalue weighted by molar-refractivity contribution is 6.01. The van der Waals surface area contributed by atoms with Gasteiger partial charge in [-0.3, -0.25) is 4.79 Å². The summed E-state index contributed by atoms with van der Waals surface area (Å²) in [7, 11) is 0. The number of carbonyl (C=O) groups is 1. The maximum Gasteiger partial charge on any atom is 0.160 e. The molecule has 2 aromatic rings. The minimum Gasteiger partial charge on any atom is -0.354 e. The molecule has 1 fully saturated rings. The first kappa shape index (κ1) is 17.0. The molecular weight excluding hydrogens is 322 g/mol. The predicted octanol–water partition coefficient (Wildman–Crippen LogP) is 4.75. The molecule has 1 aliphatic heterocycles. The van der Waals surface area contributed by atoms with Crippen LogP contribution in [-0.2, 0) is 14.9 Å². The lowest BCUT2D eigenvalue weighted by molar-refractivity contribution is -0.114. The van der Waals surface area contributed by atoms with Gasteiger partial charge in [0, 0.05) is 30.0 Å². The van der Waals surface area contributed by atoms with Gasteiger partial charge < -0.3 is 9.64 Å². The van der Waals surface area contributed by atoms with Crippen LogP contribution in [0.15, 0.2) is 65.9 Å². The third-order valence-corrected chi connectivity index (χ3v) is 5.83. The fraction of sp³-hybridized carbons (Fsp3) is 0.348. The summed E-state index contributed by atoms with van der Waals surface area (Å²) in [4.78, 5) is 15.0. The van der Waals surface area contributed by atoms with E-state index in [2.05, 4.69) is 48.2 Å². The zero-order valence-electron chi connectivity index (χ0n) is 15.9. The number of hydrogen-bond acceptors (Lipinski definition) is 3. The minimum atomic E-state index is -0.510. The Balaban J connectivity index is 1.94. The van der Waals surface area contributed by atoms with Crippen molar-refractivity contribution in [3.63, 3.8) is 0 Å². The van der Waals surface area contributed by atoms with Gasteiger partial charge in [0.05, 0.1) is 5.41 Å². The Morgan fingerprint density at radius 3 is 2.31 bits per heavy atom. The first-order valence-corrected chi connectivity index (χ1v) is 9.26. The highest BCUT2D eigenvalue weighted by Crippen LogP contribution is 2.71. The van der Waals surface area contributed by atoms with Gasteiger partial charge in [0.1, 0.15) is 0 Å². The summed E-state index contributed by atoms with van der Waals surface area (Å²) in [6.45, 7) is 8.44. The fourth-order valence-electron chi connectivity index (χ4n) is 4.88. The number of benzene rings is 2. The van der Waals surface area contributed by atoms with Gasteiger partial charge in [0.15, 0.2) is 11.5 Å². The quantitative estimate of drug-likeness (QED) is 0.781. The number of allylic oxidation sites excluding steroid dienone is 1. The van der Waals surface area contributed by atoms with Crippen molar-refractivity contribution in [3.8, 4) is 0 Å². The van der Waals surface area contributed by atoms with Gasteiger partial charge in [0.25, 0.3) is 0 Å². The second-order valence-corrected chi connectivity index (χ2v) is 7.35. The van der Waals surface area contributed by atoms with E-state index >= 15 is 0 Å². The number of nitrogens with zero attached hydrogens (tertiary/aromatic N) is 1. The Kier molecular flexibility index (Phi) is 3.81. The van der Waals surface area contributed by atoms with E-state index in [0.717, 1.165) is 28.9 Å². The summed E-state index contributed by atoms with van der Waals surface area (Å²) in [5, 5.41) is 0. The van der Waals surface area contributed by atoms with Crippen LogP contribution in [0.3, 0.4) is 0 Å². The molecule has 0 bridgehead atoms. The van der Waals surface area contributed by atoms with E-state index in [4.69, 9.17) is 4.74 Å². The molecular formula is C23H25NO2. The molecule has 0 saturated heterocycles. The average Bonchev–Trinajstić information content (AvgIpc) is 3.21. The molecule has 0 amide bonds. The van der Waals surface area contributed by atoms with Gasteiger partial charge in [-0.15, -0.1) is 0 Å². The van der Waals surface area contributed by atoms with Crippen LogP contribution in [0.2, 0.25) is 0 Å². The Hall–Kier alpha value is -2.39. The number of hydrogen-bond donors (Lipinski definition) is 0. The molecule has 3 heteroatoms. The smallest absolute Gasteiger partial charge is 0.160 e. The highest BCUT2D eigenvalue weighted by Gasteiger charge is 2.79. The van der Waals surface area contributed by atoms with Gasteiger partial charge in [-0.2, -0.15) is 0 Å². The number of rotatable bonds is 5. The molecule has 134 valence electrons. The van der Waals surface area contributed by atoms with Crippen LogP contribution in [0, 0.1) is 6.92 Å².